The van der Waals surface area contributed by atoms with E-state index in [1.807, 2.05) is 12.1 Å². The topological polar surface area (TPSA) is 138 Å². The summed E-state index contributed by atoms with van der Waals surface area (Å²) in [5, 5.41) is 38.6. The Morgan fingerprint density at radius 3 is 0.913 bits per heavy atom. The van der Waals surface area contributed by atoms with Crippen LogP contribution in [0.3, 0.4) is 0 Å². The van der Waals surface area contributed by atoms with Crippen LogP contribution in [0.4, 0.5) is 5.69 Å². The van der Waals surface area contributed by atoms with Gasteiger partial charge in [-0.3, -0.25) is 10.1 Å². The number of hydrogen-bond acceptors (Lipinski definition) is 9. The number of benzene rings is 7. The maximum atomic E-state index is 12.7. The minimum Gasteiger partial charge on any atom is -0.458 e. The predicted octanol–water partition coefficient (Wildman–Crippen LogP) is 16.8. The highest BCUT2D eigenvalue weighted by molar-refractivity contribution is 9.12. The summed E-state index contributed by atoms with van der Waals surface area (Å²) in [6, 6.07) is 69.0. The van der Waals surface area contributed by atoms with E-state index in [2.05, 4.69) is 300 Å². The smallest absolute Gasteiger partial charge is 0.338 e. The fourth-order valence-electron chi connectivity index (χ4n) is 12.0. The number of rotatable bonds is 30. The monoisotopic (exact) mass is 1490 g/mol. The molecule has 92 heavy (non-hydrogen) atoms. The lowest BCUT2D eigenvalue weighted by atomic mass is 10.1. The van der Waals surface area contributed by atoms with Crippen molar-refractivity contribution >= 4 is 116 Å². The van der Waals surface area contributed by atoms with Gasteiger partial charge in [0.25, 0.3) is 30.6 Å². The summed E-state index contributed by atoms with van der Waals surface area (Å²) in [4.78, 5) is 23.2. The number of aliphatic hydroxyl groups is 2. The highest BCUT2D eigenvalue weighted by atomic mass is 79.9. The van der Waals surface area contributed by atoms with Gasteiger partial charge in [0.1, 0.15) is 6.10 Å². The van der Waals surface area contributed by atoms with E-state index in [0.717, 1.165) is 26.3 Å². The third-order valence-corrected chi connectivity index (χ3v) is 32.3. The lowest BCUT2D eigenvalue weighted by molar-refractivity contribution is -0.384. The molecule has 0 unspecified atom stereocenters. The van der Waals surface area contributed by atoms with E-state index in [9.17, 15) is 25.1 Å². The number of carbonyl (C=O) groups is 1. The van der Waals surface area contributed by atoms with Gasteiger partial charge in [0.05, 0.1) is 22.7 Å². The number of non-ortho nitro benzene ring substituents is 1. The normalized spacial score (nSPS) is 13.0. The molecule has 0 radical (unpaired) electrons. The van der Waals surface area contributed by atoms with E-state index in [-0.39, 0.29) is 38.6 Å². The van der Waals surface area contributed by atoms with Crippen molar-refractivity contribution < 1.29 is 37.9 Å². The predicted molar refractivity (Wildman–Crippen MR) is 401 cm³/mol. The fourth-order valence-corrected chi connectivity index (χ4v) is 26.9. The lowest BCUT2D eigenvalue weighted by Gasteiger charge is -2.43. The Morgan fingerprint density at radius 2 is 0.685 bits per heavy atom. The van der Waals surface area contributed by atoms with Crippen LogP contribution in [0.1, 0.15) is 130 Å². The van der Waals surface area contributed by atoms with Gasteiger partial charge in [0, 0.05) is 51.2 Å². The maximum absolute atomic E-state index is 12.7. The summed E-state index contributed by atoms with van der Waals surface area (Å²) in [7, 11) is -7.57. The third kappa shape index (κ3) is 22.0. The van der Waals surface area contributed by atoms with Crippen LogP contribution < -0.4 is 31.1 Å². The molecule has 7 aromatic carbocycles. The number of nitro groups is 1. The number of aliphatic hydroxyl groups excluding tert-OH is 2. The zero-order valence-corrected chi connectivity index (χ0v) is 63.1. The van der Waals surface area contributed by atoms with Crippen molar-refractivity contribution in [2.24, 2.45) is 0 Å². The van der Waals surface area contributed by atoms with Crippen molar-refractivity contribution in [1.29, 1.82) is 0 Å². The summed E-state index contributed by atoms with van der Waals surface area (Å²) >= 11 is 10.0. The Bertz CT molecular complexity index is 3100. The number of nitrogens with zero attached hydrogens (tertiary/aromatic N) is 1. The van der Waals surface area contributed by atoms with Crippen molar-refractivity contribution in [3.05, 3.63) is 255 Å². The van der Waals surface area contributed by atoms with Crippen LogP contribution in [0.2, 0.25) is 15.1 Å². The molecule has 7 rings (SSSR count). The second kappa shape index (κ2) is 37.0. The Kier molecular flexibility index (Phi) is 31.0. The second-order valence-electron chi connectivity index (χ2n) is 26.3. The molecular weight excluding hydrogens is 1390 g/mol. The molecule has 0 saturated carbocycles. The SMILES string of the molecule is C=C(Br)C[C@@H](CCCO[Si](c1ccccc1)(c1ccccc1)C(C)(C)C)OC(=O)c1ccc([N+](=O)[O-])cc1.C=C(Br)C[C@@H](O)CCCO[Si](c1ccccc1)(c1ccccc1)C(C)(C)C.C=C(Br)C[C@H](O)CCCO[Si](c1ccccc1)(c1ccccc1)C(C)(C)C. The van der Waals surface area contributed by atoms with Crippen LogP contribution in [0.25, 0.3) is 0 Å². The average molecular weight is 1490 g/mol. The molecule has 492 valence electrons. The minimum absolute atomic E-state index is 0.0154. The van der Waals surface area contributed by atoms with Crippen molar-refractivity contribution in [1.82, 2.24) is 0 Å². The van der Waals surface area contributed by atoms with Crippen LogP contribution in [0.15, 0.2) is 239 Å². The standard InChI is InChI=1S/C30H34BrNO5Si.2C23H31BrO2Si/c1-23(31)22-26(37-29(33)24-17-19-25(20-18-24)32(34)35)12-11-21-36-38(30(2,3)4,27-13-7-5-8-14-27)28-15-9-6-10-16-28;2*1-19(24)18-20(25)12-11-17-26-27(23(2,3)4,21-13-7-5-8-14-21)22-15-9-6-10-16-22/h5-10,13-20,26H,1,11-12,21-22H2,2-4H3;2*5-10,13-16,20,25H,1,11-12,17-18H2,2-4H3/t26-;2*20-/m110/s1. The highest BCUT2D eigenvalue weighted by Crippen LogP contribution is 2.40. The molecule has 0 spiro atoms. The molecule has 0 heterocycles. The van der Waals surface area contributed by atoms with Crippen molar-refractivity contribution in [3.63, 3.8) is 0 Å². The zero-order chi connectivity index (χ0) is 67.6. The number of nitro benzene ring substituents is 1. The molecule has 0 saturated heterocycles. The van der Waals surface area contributed by atoms with Crippen LogP contribution in [0.5, 0.6) is 0 Å². The number of ether oxygens (including phenoxy) is 1. The first kappa shape index (κ1) is 77.2. The largest absolute Gasteiger partial charge is 0.458 e. The molecule has 0 fully saturated rings. The van der Waals surface area contributed by atoms with E-state index in [1.165, 1.54) is 55.4 Å². The zero-order valence-electron chi connectivity index (χ0n) is 55.3. The van der Waals surface area contributed by atoms with Gasteiger partial charge in [0.2, 0.25) is 0 Å². The molecule has 10 nitrogen and oxygen atoms in total. The highest BCUT2D eigenvalue weighted by Gasteiger charge is 2.52. The van der Waals surface area contributed by atoms with Crippen LogP contribution in [-0.2, 0) is 18.0 Å². The van der Waals surface area contributed by atoms with Gasteiger partial charge in [-0.05, 0) is 110 Å². The fraction of sp³-hybridized carbons (Fsp3) is 0.355. The Balaban J connectivity index is 0.000000256. The molecule has 0 aromatic heterocycles. The molecule has 0 aliphatic rings. The molecule has 7 aromatic rings. The number of carbonyl (C=O) groups excluding carboxylic acids is 1. The van der Waals surface area contributed by atoms with Crippen LogP contribution >= 0.6 is 47.8 Å². The van der Waals surface area contributed by atoms with Crippen molar-refractivity contribution in [2.75, 3.05) is 19.8 Å². The van der Waals surface area contributed by atoms with Crippen molar-refractivity contribution in [2.45, 2.75) is 154 Å². The van der Waals surface area contributed by atoms with E-state index >= 15 is 0 Å². The molecule has 0 aliphatic heterocycles. The second-order valence-corrected chi connectivity index (χ2v) is 42.5. The van der Waals surface area contributed by atoms with Gasteiger partial charge in [0.15, 0.2) is 0 Å². The summed E-state index contributed by atoms with van der Waals surface area (Å²) in [5.74, 6) is -0.522. The first-order valence-corrected chi connectivity index (χ1v) is 39.8. The first-order valence-electron chi connectivity index (χ1n) is 31.7. The van der Waals surface area contributed by atoms with E-state index in [1.54, 1.807) is 0 Å². The summed E-state index contributed by atoms with van der Waals surface area (Å²) in [6.45, 7) is 33.7. The molecule has 0 bridgehead atoms. The Hall–Kier alpha value is -5.48. The van der Waals surface area contributed by atoms with Gasteiger partial charge in [-0.2, -0.15) is 0 Å². The van der Waals surface area contributed by atoms with E-state index < -0.39 is 41.9 Å². The molecule has 16 heteroatoms. The number of halogens is 3. The number of hydrogen-bond donors (Lipinski definition) is 2. The summed E-state index contributed by atoms with van der Waals surface area (Å²) < 4.78 is 28.8. The Labute approximate surface area is 577 Å². The van der Waals surface area contributed by atoms with Gasteiger partial charge in [-0.25, -0.2) is 4.79 Å². The molecule has 0 aliphatic carbocycles. The third-order valence-electron chi connectivity index (χ3n) is 16.2. The summed E-state index contributed by atoms with van der Waals surface area (Å²) in [5.41, 5.74) is 0.191. The minimum atomic E-state index is -2.64. The van der Waals surface area contributed by atoms with Crippen LogP contribution in [0, 0.1) is 10.1 Å². The first-order chi connectivity index (χ1) is 43.6. The van der Waals surface area contributed by atoms with Crippen molar-refractivity contribution in [3.8, 4) is 0 Å². The molecular formula is C76H96Br3NO9Si3. The lowest BCUT2D eigenvalue weighted by Crippen LogP contribution is -2.66. The van der Waals surface area contributed by atoms with E-state index in [0.29, 0.717) is 64.8 Å². The molecule has 2 N–H and O–H groups in total. The van der Waals surface area contributed by atoms with Gasteiger partial charge in [-0.15, -0.1) is 0 Å². The van der Waals surface area contributed by atoms with Gasteiger partial charge < -0.3 is 28.2 Å². The number of esters is 1. The quantitative estimate of drug-likeness (QED) is 0.0148. The average Bonchev–Trinajstić information content (AvgIpc) is 0.770. The molecule has 3 atom stereocenters. The maximum Gasteiger partial charge on any atom is 0.338 e. The van der Waals surface area contributed by atoms with Gasteiger partial charge >= 0.3 is 5.97 Å². The van der Waals surface area contributed by atoms with E-state index in [4.69, 9.17) is 18.0 Å². The van der Waals surface area contributed by atoms with Crippen LogP contribution in [-0.4, -0.2) is 84.2 Å². The Morgan fingerprint density at radius 1 is 0.435 bits per heavy atom. The van der Waals surface area contributed by atoms with Gasteiger partial charge in [-0.1, -0.05) is 312 Å². The summed E-state index contributed by atoms with van der Waals surface area (Å²) in [6.07, 6.45) is 4.80. The molecule has 0 amide bonds.